The zero-order valence-electron chi connectivity index (χ0n) is 12.9. The van der Waals surface area contributed by atoms with Crippen molar-refractivity contribution >= 4 is 54.8 Å². The van der Waals surface area contributed by atoms with Gasteiger partial charge in [0.05, 0.1) is 22.6 Å². The van der Waals surface area contributed by atoms with E-state index < -0.39 is 0 Å². The molecule has 2 aromatic carbocycles. The van der Waals surface area contributed by atoms with Crippen LogP contribution in [0.25, 0.3) is 20.3 Å². The topological polar surface area (TPSA) is 64.0 Å². The highest BCUT2D eigenvalue weighted by Gasteiger charge is 2.13. The van der Waals surface area contributed by atoms with Crippen LogP contribution in [0.3, 0.4) is 0 Å². The van der Waals surface area contributed by atoms with Crippen LogP contribution >= 0.6 is 22.9 Å². The van der Waals surface area contributed by atoms with Crippen LogP contribution < -0.4 is 10.9 Å². The number of carbonyl (C=O) groups excluding carboxylic acids is 1. The Morgan fingerprint density at radius 1 is 1.16 bits per heavy atom. The monoisotopic (exact) mass is 369 g/mol. The number of anilines is 1. The molecular formula is C18H12ClN3O2S. The van der Waals surface area contributed by atoms with Crippen LogP contribution in [0.5, 0.6) is 0 Å². The highest BCUT2D eigenvalue weighted by molar-refractivity contribution is 7.25. The molecular weight excluding hydrogens is 358 g/mol. The van der Waals surface area contributed by atoms with Gasteiger partial charge in [0.15, 0.2) is 0 Å². The van der Waals surface area contributed by atoms with E-state index in [0.717, 1.165) is 10.1 Å². The molecule has 0 spiro atoms. The normalized spacial score (nSPS) is 11.1. The number of nitrogens with zero attached hydrogens (tertiary/aromatic N) is 2. The fourth-order valence-electron chi connectivity index (χ4n) is 2.63. The van der Waals surface area contributed by atoms with Gasteiger partial charge in [-0.05, 0) is 18.2 Å². The van der Waals surface area contributed by atoms with Crippen molar-refractivity contribution in [3.8, 4) is 0 Å². The SMILES string of the molecule is O=C(Cn1cnc2c(sc3ccccc32)c1=O)Nc1ccccc1Cl. The quantitative estimate of drug-likeness (QED) is 0.595. The Morgan fingerprint density at radius 3 is 2.76 bits per heavy atom. The van der Waals surface area contributed by atoms with E-state index in [9.17, 15) is 9.59 Å². The zero-order valence-corrected chi connectivity index (χ0v) is 14.5. The van der Waals surface area contributed by atoms with Crippen LogP contribution in [-0.4, -0.2) is 15.5 Å². The van der Waals surface area contributed by atoms with E-state index in [4.69, 9.17) is 11.6 Å². The fraction of sp³-hybridized carbons (Fsp3) is 0.0556. The Bertz CT molecular complexity index is 1170. The number of amides is 1. The van der Waals surface area contributed by atoms with Gasteiger partial charge in [-0.1, -0.05) is 41.9 Å². The van der Waals surface area contributed by atoms with E-state index in [1.165, 1.54) is 22.2 Å². The molecule has 0 atom stereocenters. The molecule has 0 radical (unpaired) electrons. The van der Waals surface area contributed by atoms with E-state index in [2.05, 4.69) is 10.3 Å². The van der Waals surface area contributed by atoms with E-state index in [1.807, 2.05) is 24.3 Å². The molecule has 4 rings (SSSR count). The summed E-state index contributed by atoms with van der Waals surface area (Å²) in [5, 5.41) is 4.10. The van der Waals surface area contributed by atoms with E-state index >= 15 is 0 Å². The fourth-order valence-corrected chi connectivity index (χ4v) is 3.92. The van der Waals surface area contributed by atoms with Gasteiger partial charge >= 0.3 is 0 Å². The van der Waals surface area contributed by atoms with Crippen molar-refractivity contribution < 1.29 is 4.79 Å². The Morgan fingerprint density at radius 2 is 1.92 bits per heavy atom. The number of nitrogens with one attached hydrogen (secondary N) is 1. The summed E-state index contributed by atoms with van der Waals surface area (Å²) in [5.41, 5.74) is 0.965. The molecule has 0 bridgehead atoms. The summed E-state index contributed by atoms with van der Waals surface area (Å²) in [6, 6.07) is 14.7. The second-order valence-corrected chi connectivity index (χ2v) is 6.94. The molecule has 2 heterocycles. The average molecular weight is 370 g/mol. The first-order valence-corrected chi connectivity index (χ1v) is 8.74. The number of halogens is 1. The molecule has 1 N–H and O–H groups in total. The number of aromatic nitrogens is 2. The molecule has 124 valence electrons. The third kappa shape index (κ3) is 2.90. The highest BCUT2D eigenvalue weighted by atomic mass is 35.5. The van der Waals surface area contributed by atoms with E-state index in [0.29, 0.717) is 20.9 Å². The smallest absolute Gasteiger partial charge is 0.271 e. The summed E-state index contributed by atoms with van der Waals surface area (Å²) in [6.07, 6.45) is 1.41. The first kappa shape index (κ1) is 15.8. The molecule has 0 saturated carbocycles. The standard InChI is InChI=1S/C18H12ClN3O2S/c19-12-6-2-3-7-13(12)21-15(23)9-22-10-20-16-11-5-1-4-8-14(11)25-17(16)18(22)24/h1-8,10H,9H2,(H,21,23). The lowest BCUT2D eigenvalue weighted by atomic mass is 10.2. The van der Waals surface area contributed by atoms with Crippen molar-refractivity contribution in [2.75, 3.05) is 5.32 Å². The van der Waals surface area contributed by atoms with Crippen LogP contribution in [0.4, 0.5) is 5.69 Å². The number of benzene rings is 2. The lowest BCUT2D eigenvalue weighted by molar-refractivity contribution is -0.116. The first-order valence-electron chi connectivity index (χ1n) is 7.54. The van der Waals surface area contributed by atoms with Gasteiger partial charge in [-0.3, -0.25) is 14.2 Å². The maximum absolute atomic E-state index is 12.7. The van der Waals surface area contributed by atoms with Crippen molar-refractivity contribution in [1.82, 2.24) is 9.55 Å². The minimum atomic E-state index is -0.336. The molecule has 0 aliphatic carbocycles. The molecule has 25 heavy (non-hydrogen) atoms. The van der Waals surface area contributed by atoms with Crippen molar-refractivity contribution in [2.45, 2.75) is 6.54 Å². The van der Waals surface area contributed by atoms with Gasteiger partial charge in [0, 0.05) is 10.1 Å². The summed E-state index contributed by atoms with van der Waals surface area (Å²) in [6.45, 7) is -0.124. The van der Waals surface area contributed by atoms with Gasteiger partial charge < -0.3 is 5.32 Å². The van der Waals surface area contributed by atoms with Gasteiger partial charge in [-0.25, -0.2) is 4.98 Å². The van der Waals surface area contributed by atoms with Crippen molar-refractivity contribution in [3.05, 3.63) is 70.2 Å². The Balaban J connectivity index is 1.67. The number of hydrogen-bond acceptors (Lipinski definition) is 4. The van der Waals surface area contributed by atoms with Gasteiger partial charge in [-0.15, -0.1) is 11.3 Å². The third-order valence-corrected chi connectivity index (χ3v) is 5.29. The van der Waals surface area contributed by atoms with E-state index in [1.54, 1.807) is 24.3 Å². The molecule has 0 fully saturated rings. The molecule has 0 aliphatic heterocycles. The number of thiophene rings is 1. The summed E-state index contributed by atoms with van der Waals surface area (Å²) in [4.78, 5) is 29.3. The number of fused-ring (bicyclic) bond motifs is 3. The Hall–Kier alpha value is -2.70. The third-order valence-electron chi connectivity index (χ3n) is 3.81. The number of hydrogen-bond donors (Lipinski definition) is 1. The van der Waals surface area contributed by atoms with Crippen LogP contribution in [0.2, 0.25) is 5.02 Å². The van der Waals surface area contributed by atoms with Gasteiger partial charge in [0.1, 0.15) is 11.2 Å². The van der Waals surface area contributed by atoms with Crippen LogP contribution in [0.15, 0.2) is 59.7 Å². The molecule has 1 amide bonds. The molecule has 0 saturated heterocycles. The lowest BCUT2D eigenvalue weighted by Gasteiger charge is -2.08. The lowest BCUT2D eigenvalue weighted by Crippen LogP contribution is -2.27. The molecule has 0 aliphatic rings. The minimum Gasteiger partial charge on any atom is -0.323 e. The minimum absolute atomic E-state index is 0.124. The second kappa shape index (κ2) is 6.31. The first-order chi connectivity index (χ1) is 12.1. The summed E-state index contributed by atoms with van der Waals surface area (Å²) >= 11 is 7.42. The van der Waals surface area contributed by atoms with Crippen molar-refractivity contribution in [1.29, 1.82) is 0 Å². The number of para-hydroxylation sites is 1. The maximum atomic E-state index is 12.7. The molecule has 2 aromatic heterocycles. The maximum Gasteiger partial charge on any atom is 0.271 e. The average Bonchev–Trinajstić information content (AvgIpc) is 2.99. The van der Waals surface area contributed by atoms with Crippen molar-refractivity contribution in [2.24, 2.45) is 0 Å². The molecule has 0 unspecified atom stereocenters. The van der Waals surface area contributed by atoms with E-state index in [-0.39, 0.29) is 18.0 Å². The molecule has 7 heteroatoms. The predicted molar refractivity (Wildman–Crippen MR) is 101 cm³/mol. The summed E-state index contributed by atoms with van der Waals surface area (Å²) in [7, 11) is 0. The Kier molecular flexibility index (Phi) is 3.99. The van der Waals surface area contributed by atoms with Gasteiger partial charge in [-0.2, -0.15) is 0 Å². The zero-order chi connectivity index (χ0) is 17.4. The van der Waals surface area contributed by atoms with Crippen LogP contribution in [0.1, 0.15) is 0 Å². The van der Waals surface area contributed by atoms with Gasteiger partial charge in [0.2, 0.25) is 5.91 Å². The number of rotatable bonds is 3. The summed E-state index contributed by atoms with van der Waals surface area (Å²) in [5.74, 6) is -0.336. The highest BCUT2D eigenvalue weighted by Crippen LogP contribution is 2.29. The predicted octanol–water partition coefficient (Wildman–Crippen LogP) is 3.90. The van der Waals surface area contributed by atoms with Crippen LogP contribution in [-0.2, 0) is 11.3 Å². The van der Waals surface area contributed by atoms with Crippen LogP contribution in [0, 0.1) is 0 Å². The summed E-state index contributed by atoms with van der Waals surface area (Å²) < 4.78 is 2.86. The molecule has 4 aromatic rings. The molecule has 5 nitrogen and oxygen atoms in total. The largest absolute Gasteiger partial charge is 0.323 e. The van der Waals surface area contributed by atoms with Gasteiger partial charge in [0.25, 0.3) is 5.56 Å². The second-order valence-electron chi connectivity index (χ2n) is 5.48. The Labute approximate surface area is 151 Å². The van der Waals surface area contributed by atoms with Crippen molar-refractivity contribution in [3.63, 3.8) is 0 Å². The number of carbonyl (C=O) groups is 1.